The Morgan fingerprint density at radius 1 is 1.40 bits per heavy atom. The average molecular weight is 298 g/mol. The van der Waals surface area contributed by atoms with E-state index < -0.39 is 6.04 Å². The summed E-state index contributed by atoms with van der Waals surface area (Å²) in [5.41, 5.74) is 7.17. The molecule has 1 aliphatic heterocycles. The highest BCUT2D eigenvalue weighted by Gasteiger charge is 2.28. The Labute approximate surface area is 124 Å². The minimum Gasteiger partial charge on any atom is -0.491 e. The first-order valence-corrected chi connectivity index (χ1v) is 7.19. The molecule has 0 spiro atoms. The maximum Gasteiger partial charge on any atom is 0.245 e. The quantitative estimate of drug-likeness (QED) is 0.843. The zero-order chi connectivity index (χ0) is 14.7. The van der Waals surface area contributed by atoms with Crippen LogP contribution in [0.5, 0.6) is 5.75 Å². The number of carbonyl (C=O) groups excluding carboxylic acids is 1. The first kappa shape index (κ1) is 15.1. The molecule has 1 unspecified atom stereocenters. The second kappa shape index (κ2) is 6.43. The molecule has 0 radical (unpaired) electrons. The zero-order valence-corrected chi connectivity index (χ0v) is 12.5. The largest absolute Gasteiger partial charge is 0.491 e. The van der Waals surface area contributed by atoms with Crippen molar-refractivity contribution in [2.45, 2.75) is 19.9 Å². The average Bonchev–Trinajstić information content (AvgIpc) is 2.70. The van der Waals surface area contributed by atoms with Crippen LogP contribution in [0.25, 0.3) is 0 Å². The lowest BCUT2D eigenvalue weighted by atomic mass is 10.1. The van der Waals surface area contributed by atoms with E-state index in [-0.39, 0.29) is 5.91 Å². The molecule has 2 rings (SSSR count). The van der Waals surface area contributed by atoms with Gasteiger partial charge in [-0.15, -0.1) is 0 Å². The third kappa shape index (κ3) is 3.06. The molecular weight excluding hydrogens is 278 g/mol. The van der Waals surface area contributed by atoms with Crippen molar-refractivity contribution in [3.05, 3.63) is 22.7 Å². The molecule has 1 aliphatic rings. The fourth-order valence-electron chi connectivity index (χ4n) is 2.22. The van der Waals surface area contributed by atoms with Crippen molar-refractivity contribution >= 4 is 23.2 Å². The normalized spacial score (nSPS) is 17.2. The van der Waals surface area contributed by atoms with Gasteiger partial charge in [0.15, 0.2) is 0 Å². The van der Waals surface area contributed by atoms with Crippen LogP contribution in [0.2, 0.25) is 5.02 Å². The minimum absolute atomic E-state index is 0.212. The van der Waals surface area contributed by atoms with E-state index in [1.54, 1.807) is 12.1 Å². The van der Waals surface area contributed by atoms with Gasteiger partial charge in [-0.3, -0.25) is 4.79 Å². The Morgan fingerprint density at radius 2 is 2.10 bits per heavy atom. The van der Waals surface area contributed by atoms with Crippen molar-refractivity contribution in [3.63, 3.8) is 0 Å². The summed E-state index contributed by atoms with van der Waals surface area (Å²) < 4.78 is 5.70. The zero-order valence-electron chi connectivity index (χ0n) is 11.8. The number of hydrogen-bond donors (Lipinski definition) is 2. The van der Waals surface area contributed by atoms with E-state index in [0.717, 1.165) is 25.2 Å². The number of amides is 1. The predicted octanol–water partition coefficient (Wildman–Crippen LogP) is 2.01. The van der Waals surface area contributed by atoms with Gasteiger partial charge in [-0.2, -0.15) is 0 Å². The summed E-state index contributed by atoms with van der Waals surface area (Å²) in [6.45, 7) is 7.60. The number of rotatable bonds is 6. The maximum absolute atomic E-state index is 11.5. The number of carbonyl (C=O) groups is 1. The lowest BCUT2D eigenvalue weighted by Gasteiger charge is -2.18. The third-order valence-electron chi connectivity index (χ3n) is 3.54. The minimum atomic E-state index is -0.646. The molecule has 1 atom stereocenters. The first-order chi connectivity index (χ1) is 9.56. The molecule has 3 N–H and O–H groups in total. The molecule has 0 aliphatic carbocycles. The number of nitrogens with one attached hydrogen (secondary N) is 1. The van der Waals surface area contributed by atoms with E-state index in [0.29, 0.717) is 23.1 Å². The SMILES string of the molecule is CCN(CC)CCOc1cc2c(cc1Cl)C(N)C(=O)N2. The van der Waals surface area contributed by atoms with E-state index in [1.165, 1.54) is 0 Å². The molecule has 5 nitrogen and oxygen atoms in total. The summed E-state index contributed by atoms with van der Waals surface area (Å²) in [5, 5.41) is 3.21. The van der Waals surface area contributed by atoms with Crippen molar-refractivity contribution < 1.29 is 9.53 Å². The summed E-state index contributed by atoms with van der Waals surface area (Å²) in [7, 11) is 0. The summed E-state index contributed by atoms with van der Waals surface area (Å²) in [6, 6.07) is 2.80. The molecule has 0 fully saturated rings. The molecule has 20 heavy (non-hydrogen) atoms. The van der Waals surface area contributed by atoms with Gasteiger partial charge in [0.2, 0.25) is 5.91 Å². The van der Waals surface area contributed by atoms with E-state index in [1.807, 2.05) is 0 Å². The number of fused-ring (bicyclic) bond motifs is 1. The third-order valence-corrected chi connectivity index (χ3v) is 3.83. The van der Waals surface area contributed by atoms with Crippen LogP contribution in [0.15, 0.2) is 12.1 Å². The molecule has 1 heterocycles. The van der Waals surface area contributed by atoms with Crippen molar-refractivity contribution in [3.8, 4) is 5.75 Å². The second-order valence-electron chi connectivity index (χ2n) is 4.71. The molecule has 0 saturated carbocycles. The van der Waals surface area contributed by atoms with Crippen LogP contribution in [0.1, 0.15) is 25.5 Å². The van der Waals surface area contributed by atoms with Gasteiger partial charge in [-0.05, 0) is 19.2 Å². The summed E-state index contributed by atoms with van der Waals surface area (Å²) in [4.78, 5) is 13.8. The van der Waals surface area contributed by atoms with Crippen LogP contribution >= 0.6 is 11.6 Å². The summed E-state index contributed by atoms with van der Waals surface area (Å²) >= 11 is 6.17. The topological polar surface area (TPSA) is 67.6 Å². The summed E-state index contributed by atoms with van der Waals surface area (Å²) in [6.07, 6.45) is 0. The highest BCUT2D eigenvalue weighted by Crippen LogP contribution is 2.37. The van der Waals surface area contributed by atoms with Gasteiger partial charge in [-0.1, -0.05) is 25.4 Å². The van der Waals surface area contributed by atoms with Crippen LogP contribution in [0.3, 0.4) is 0 Å². The number of likely N-dealkylation sites (N-methyl/N-ethyl adjacent to an activating group) is 1. The monoisotopic (exact) mass is 297 g/mol. The fourth-order valence-corrected chi connectivity index (χ4v) is 2.45. The van der Waals surface area contributed by atoms with Gasteiger partial charge in [0.05, 0.1) is 5.02 Å². The number of hydrogen-bond acceptors (Lipinski definition) is 4. The van der Waals surface area contributed by atoms with Crippen LogP contribution in [-0.4, -0.2) is 37.0 Å². The van der Waals surface area contributed by atoms with Gasteiger partial charge < -0.3 is 20.7 Å². The number of halogens is 1. The number of ether oxygens (including phenoxy) is 1. The van der Waals surface area contributed by atoms with Gasteiger partial charge in [-0.25, -0.2) is 0 Å². The Balaban J connectivity index is 2.04. The van der Waals surface area contributed by atoms with Gasteiger partial charge in [0.1, 0.15) is 18.4 Å². The molecule has 0 saturated heterocycles. The summed E-state index contributed by atoms with van der Waals surface area (Å²) in [5.74, 6) is 0.364. The Hall–Kier alpha value is -1.30. The number of nitrogens with zero attached hydrogens (tertiary/aromatic N) is 1. The lowest BCUT2D eigenvalue weighted by molar-refractivity contribution is -0.116. The molecule has 1 amide bonds. The number of anilines is 1. The molecular formula is C14H20ClN3O2. The Bertz CT molecular complexity index is 503. The number of benzene rings is 1. The highest BCUT2D eigenvalue weighted by molar-refractivity contribution is 6.32. The van der Waals surface area contributed by atoms with Crippen molar-refractivity contribution in [2.24, 2.45) is 5.73 Å². The van der Waals surface area contributed by atoms with Crippen LogP contribution < -0.4 is 15.8 Å². The molecule has 0 aromatic heterocycles. The first-order valence-electron chi connectivity index (χ1n) is 6.81. The second-order valence-corrected chi connectivity index (χ2v) is 5.12. The van der Waals surface area contributed by atoms with E-state index >= 15 is 0 Å². The van der Waals surface area contributed by atoms with Crippen molar-refractivity contribution in [2.75, 3.05) is 31.6 Å². The molecule has 110 valence electrons. The van der Waals surface area contributed by atoms with Gasteiger partial charge >= 0.3 is 0 Å². The standard InChI is InChI=1S/C14H20ClN3O2/c1-3-18(4-2)5-6-20-12-8-11-9(7-10(12)15)13(16)14(19)17-11/h7-8,13H,3-6,16H2,1-2H3,(H,17,19). The Kier molecular flexibility index (Phi) is 4.86. The highest BCUT2D eigenvalue weighted by atomic mass is 35.5. The van der Waals surface area contributed by atoms with Gasteiger partial charge in [0.25, 0.3) is 0 Å². The van der Waals surface area contributed by atoms with Crippen LogP contribution in [-0.2, 0) is 4.79 Å². The van der Waals surface area contributed by atoms with Gasteiger partial charge in [0, 0.05) is 23.9 Å². The lowest BCUT2D eigenvalue weighted by Crippen LogP contribution is -2.27. The van der Waals surface area contributed by atoms with Crippen LogP contribution in [0.4, 0.5) is 5.69 Å². The van der Waals surface area contributed by atoms with Crippen molar-refractivity contribution in [1.29, 1.82) is 0 Å². The Morgan fingerprint density at radius 3 is 2.75 bits per heavy atom. The van der Waals surface area contributed by atoms with E-state index in [9.17, 15) is 4.79 Å². The van der Waals surface area contributed by atoms with E-state index in [4.69, 9.17) is 22.1 Å². The maximum atomic E-state index is 11.5. The molecule has 1 aromatic rings. The molecule has 6 heteroatoms. The van der Waals surface area contributed by atoms with Crippen LogP contribution in [0, 0.1) is 0 Å². The molecule has 1 aromatic carbocycles. The predicted molar refractivity (Wildman–Crippen MR) is 80.3 cm³/mol. The molecule has 0 bridgehead atoms. The fraction of sp³-hybridized carbons (Fsp3) is 0.500. The number of nitrogens with two attached hydrogens (primary N) is 1. The van der Waals surface area contributed by atoms with E-state index in [2.05, 4.69) is 24.1 Å². The smallest absolute Gasteiger partial charge is 0.245 e. The van der Waals surface area contributed by atoms with Crippen molar-refractivity contribution in [1.82, 2.24) is 4.90 Å².